The van der Waals surface area contributed by atoms with Gasteiger partial charge in [-0.25, -0.2) is 9.38 Å². The second kappa shape index (κ2) is 7.61. The zero-order chi connectivity index (χ0) is 22.5. The van der Waals surface area contributed by atoms with Gasteiger partial charge >= 0.3 is 0 Å². The predicted octanol–water partition coefficient (Wildman–Crippen LogP) is 3.09. The SMILES string of the molecule is CC(C)c1nnc2c3ccccc3nc(N3CCN(C(=O)c4ccc5c(c4)OCO5)CC3)n12. The third kappa shape index (κ3) is 3.23. The molecule has 2 aromatic heterocycles. The molecule has 168 valence electrons. The van der Waals surface area contributed by atoms with Crippen molar-refractivity contribution in [1.29, 1.82) is 0 Å². The monoisotopic (exact) mass is 444 g/mol. The lowest BCUT2D eigenvalue weighted by Gasteiger charge is -2.35. The van der Waals surface area contributed by atoms with Crippen LogP contribution in [0, 0.1) is 0 Å². The number of para-hydroxylation sites is 1. The summed E-state index contributed by atoms with van der Waals surface area (Å²) in [5.74, 6) is 3.21. The number of nitrogens with zero attached hydrogens (tertiary/aromatic N) is 6. The number of piperazine rings is 1. The fourth-order valence-electron chi connectivity index (χ4n) is 4.49. The highest BCUT2D eigenvalue weighted by Gasteiger charge is 2.27. The second-order valence-electron chi connectivity index (χ2n) is 8.65. The van der Waals surface area contributed by atoms with Crippen LogP contribution in [-0.4, -0.2) is 63.4 Å². The number of carbonyl (C=O) groups is 1. The zero-order valence-corrected chi connectivity index (χ0v) is 18.6. The lowest BCUT2D eigenvalue weighted by molar-refractivity contribution is 0.0745. The van der Waals surface area contributed by atoms with E-state index in [4.69, 9.17) is 14.5 Å². The van der Waals surface area contributed by atoms with Gasteiger partial charge in [-0.3, -0.25) is 4.79 Å². The molecule has 1 saturated heterocycles. The smallest absolute Gasteiger partial charge is 0.254 e. The van der Waals surface area contributed by atoms with Gasteiger partial charge in [0.2, 0.25) is 12.7 Å². The van der Waals surface area contributed by atoms with Crippen molar-refractivity contribution in [3.63, 3.8) is 0 Å². The van der Waals surface area contributed by atoms with E-state index >= 15 is 0 Å². The molecule has 0 aliphatic carbocycles. The first-order chi connectivity index (χ1) is 16.1. The lowest BCUT2D eigenvalue weighted by Crippen LogP contribution is -2.49. The van der Waals surface area contributed by atoms with Crippen molar-refractivity contribution in [1.82, 2.24) is 24.5 Å². The van der Waals surface area contributed by atoms with Gasteiger partial charge in [-0.05, 0) is 30.3 Å². The topological polar surface area (TPSA) is 85.1 Å². The Kier molecular flexibility index (Phi) is 4.56. The second-order valence-corrected chi connectivity index (χ2v) is 8.65. The number of amides is 1. The van der Waals surface area contributed by atoms with Gasteiger partial charge in [0.1, 0.15) is 5.82 Å². The van der Waals surface area contributed by atoms with Crippen molar-refractivity contribution in [2.75, 3.05) is 37.9 Å². The van der Waals surface area contributed by atoms with Crippen molar-refractivity contribution >= 4 is 28.4 Å². The van der Waals surface area contributed by atoms with E-state index in [9.17, 15) is 4.79 Å². The first-order valence-corrected chi connectivity index (χ1v) is 11.2. The van der Waals surface area contributed by atoms with Gasteiger partial charge in [0, 0.05) is 43.0 Å². The first kappa shape index (κ1) is 19.8. The number of hydrogen-bond donors (Lipinski definition) is 0. The number of rotatable bonds is 3. The fourth-order valence-corrected chi connectivity index (χ4v) is 4.49. The molecule has 0 spiro atoms. The Morgan fingerprint density at radius 1 is 0.970 bits per heavy atom. The number of anilines is 1. The molecule has 9 nitrogen and oxygen atoms in total. The number of fused-ring (bicyclic) bond motifs is 4. The summed E-state index contributed by atoms with van der Waals surface area (Å²) < 4.78 is 12.9. The van der Waals surface area contributed by atoms with Crippen molar-refractivity contribution in [2.24, 2.45) is 0 Å². The molecule has 4 aromatic rings. The van der Waals surface area contributed by atoms with Crippen LogP contribution in [0.1, 0.15) is 35.9 Å². The maximum atomic E-state index is 13.1. The molecule has 9 heteroatoms. The van der Waals surface area contributed by atoms with Crippen LogP contribution in [-0.2, 0) is 0 Å². The summed E-state index contributed by atoms with van der Waals surface area (Å²) in [6, 6.07) is 13.4. The highest BCUT2D eigenvalue weighted by Crippen LogP contribution is 2.33. The quantitative estimate of drug-likeness (QED) is 0.480. The third-order valence-electron chi connectivity index (χ3n) is 6.24. The van der Waals surface area contributed by atoms with E-state index in [0.717, 1.165) is 28.3 Å². The Labute approximate surface area is 190 Å². The third-order valence-corrected chi connectivity index (χ3v) is 6.24. The van der Waals surface area contributed by atoms with Gasteiger partial charge in [-0.15, -0.1) is 10.2 Å². The molecule has 0 atom stereocenters. The molecule has 0 saturated carbocycles. The van der Waals surface area contributed by atoms with E-state index in [0.29, 0.717) is 43.2 Å². The van der Waals surface area contributed by atoms with E-state index in [1.54, 1.807) is 18.2 Å². The van der Waals surface area contributed by atoms with Gasteiger partial charge < -0.3 is 19.3 Å². The van der Waals surface area contributed by atoms with Crippen molar-refractivity contribution in [2.45, 2.75) is 19.8 Å². The maximum Gasteiger partial charge on any atom is 0.254 e. The maximum absolute atomic E-state index is 13.1. The number of aromatic nitrogens is 4. The van der Waals surface area contributed by atoms with Crippen LogP contribution in [0.5, 0.6) is 11.5 Å². The summed E-state index contributed by atoms with van der Waals surface area (Å²) in [5, 5.41) is 9.95. The van der Waals surface area contributed by atoms with Crippen LogP contribution in [0.4, 0.5) is 5.95 Å². The number of benzene rings is 2. The molecule has 2 aliphatic rings. The first-order valence-electron chi connectivity index (χ1n) is 11.2. The summed E-state index contributed by atoms with van der Waals surface area (Å²) in [5.41, 5.74) is 2.32. The average molecular weight is 444 g/mol. The number of carbonyl (C=O) groups excluding carboxylic acids is 1. The van der Waals surface area contributed by atoms with Crippen LogP contribution >= 0.6 is 0 Å². The van der Waals surface area contributed by atoms with Crippen molar-refractivity contribution < 1.29 is 14.3 Å². The van der Waals surface area contributed by atoms with Crippen LogP contribution in [0.2, 0.25) is 0 Å². The molecule has 0 bridgehead atoms. The summed E-state index contributed by atoms with van der Waals surface area (Å²) in [4.78, 5) is 22.2. The Morgan fingerprint density at radius 2 is 1.76 bits per heavy atom. The standard InChI is InChI=1S/C24H24N6O3/c1-15(2)21-26-27-22-17-5-3-4-6-18(17)25-24(30(21)22)29-11-9-28(10-12-29)23(31)16-7-8-19-20(13-16)33-14-32-19/h3-8,13,15H,9-12,14H2,1-2H3. The van der Waals surface area contributed by atoms with Gasteiger partial charge in [-0.2, -0.15) is 0 Å². The van der Waals surface area contributed by atoms with Crippen LogP contribution in [0.15, 0.2) is 42.5 Å². The highest BCUT2D eigenvalue weighted by molar-refractivity contribution is 5.95. The zero-order valence-electron chi connectivity index (χ0n) is 18.6. The van der Waals surface area contributed by atoms with Crippen LogP contribution in [0.25, 0.3) is 16.6 Å². The summed E-state index contributed by atoms with van der Waals surface area (Å²) in [6.45, 7) is 6.96. The molecule has 4 heterocycles. The van der Waals surface area contributed by atoms with Gasteiger partial charge in [0.25, 0.3) is 5.91 Å². The molecule has 0 N–H and O–H groups in total. The van der Waals surface area contributed by atoms with Crippen molar-refractivity contribution in [3.05, 3.63) is 53.9 Å². The molecule has 1 amide bonds. The predicted molar refractivity (Wildman–Crippen MR) is 123 cm³/mol. The average Bonchev–Trinajstić information content (AvgIpc) is 3.50. The molecule has 33 heavy (non-hydrogen) atoms. The van der Waals surface area contributed by atoms with E-state index in [1.807, 2.05) is 29.2 Å². The molecule has 1 fully saturated rings. The van der Waals surface area contributed by atoms with Crippen LogP contribution in [0.3, 0.4) is 0 Å². The van der Waals surface area contributed by atoms with Gasteiger partial charge in [-0.1, -0.05) is 26.0 Å². The Bertz CT molecular complexity index is 1370. The molecular formula is C24H24N6O3. The van der Waals surface area contributed by atoms with E-state index in [1.165, 1.54) is 0 Å². The molecule has 2 aliphatic heterocycles. The molecular weight excluding hydrogens is 420 g/mol. The summed E-state index contributed by atoms with van der Waals surface area (Å²) in [6.07, 6.45) is 0. The molecule has 0 unspecified atom stereocenters. The van der Waals surface area contributed by atoms with E-state index in [2.05, 4.69) is 33.3 Å². The molecule has 6 rings (SSSR count). The Hall–Kier alpha value is -3.88. The Balaban J connectivity index is 1.29. The summed E-state index contributed by atoms with van der Waals surface area (Å²) in [7, 11) is 0. The minimum Gasteiger partial charge on any atom is -0.454 e. The van der Waals surface area contributed by atoms with Gasteiger partial charge in [0.05, 0.1) is 5.52 Å². The summed E-state index contributed by atoms with van der Waals surface area (Å²) >= 11 is 0. The minimum atomic E-state index is -0.00302. The highest BCUT2D eigenvalue weighted by atomic mass is 16.7. The molecule has 0 radical (unpaired) electrons. The van der Waals surface area contributed by atoms with E-state index in [-0.39, 0.29) is 18.6 Å². The Morgan fingerprint density at radius 3 is 2.58 bits per heavy atom. The normalized spacial score (nSPS) is 15.7. The van der Waals surface area contributed by atoms with Crippen molar-refractivity contribution in [3.8, 4) is 11.5 Å². The molecule has 2 aromatic carbocycles. The number of hydrogen-bond acceptors (Lipinski definition) is 7. The van der Waals surface area contributed by atoms with Crippen LogP contribution < -0.4 is 14.4 Å². The fraction of sp³-hybridized carbons (Fsp3) is 0.333. The minimum absolute atomic E-state index is 0.00302. The lowest BCUT2D eigenvalue weighted by atomic mass is 10.1. The largest absolute Gasteiger partial charge is 0.454 e. The number of ether oxygens (including phenoxy) is 2. The van der Waals surface area contributed by atoms with Gasteiger partial charge in [0.15, 0.2) is 17.1 Å². The van der Waals surface area contributed by atoms with E-state index < -0.39 is 0 Å².